The molecule has 2 N–H and O–H groups in total. The van der Waals surface area contributed by atoms with Crippen molar-refractivity contribution in [2.75, 3.05) is 0 Å². The van der Waals surface area contributed by atoms with Gasteiger partial charge in [0.05, 0.1) is 0 Å². The molecular weight excluding hydrogens is 213 g/mol. The van der Waals surface area contributed by atoms with Gasteiger partial charge in [-0.25, -0.2) is 0 Å². The minimum atomic E-state index is -0.303. The molecular formula is C9H12AsNO. The molecule has 0 spiro atoms. The van der Waals surface area contributed by atoms with Gasteiger partial charge in [-0.3, -0.25) is 0 Å². The van der Waals surface area contributed by atoms with Crippen LogP contribution in [0, 0.1) is 0 Å². The molecule has 0 heterocycles. The van der Waals surface area contributed by atoms with Crippen LogP contribution in [0.25, 0.3) is 0 Å². The average molecular weight is 225 g/mol. The van der Waals surface area contributed by atoms with Gasteiger partial charge in [-0.05, 0) is 0 Å². The first-order valence-electron chi connectivity index (χ1n) is 3.88. The maximum atomic E-state index is 10.9. The molecule has 0 radical (unpaired) electrons. The van der Waals surface area contributed by atoms with Gasteiger partial charge >= 0.3 is 78.5 Å². The average Bonchev–Trinajstić information content (AvgIpc) is 2.05. The zero-order valence-corrected chi connectivity index (χ0v) is 9.10. The van der Waals surface area contributed by atoms with Crippen molar-refractivity contribution in [3.8, 4) is 0 Å². The van der Waals surface area contributed by atoms with Crippen LogP contribution in [0.1, 0.15) is 17.3 Å². The zero-order chi connectivity index (χ0) is 8.97. The number of nitrogens with two attached hydrogens (primary N) is 1. The molecule has 0 saturated carbocycles. The summed E-state index contributed by atoms with van der Waals surface area (Å²) in [5.74, 6) is -0.303. The summed E-state index contributed by atoms with van der Waals surface area (Å²) >= 11 is -0.155. The standard InChI is InChI=1S/C9H12AsNO/c1-2-10-8-6-4-3-5-7(8)9(11)12/h3-6,10H,2H2,1H3,(H2,11,12). The Bertz CT molecular complexity index is 286. The van der Waals surface area contributed by atoms with Crippen molar-refractivity contribution < 1.29 is 4.79 Å². The normalized spacial score (nSPS) is 10.8. The van der Waals surface area contributed by atoms with Crippen LogP contribution in [-0.4, -0.2) is 21.7 Å². The molecule has 0 aliphatic rings. The van der Waals surface area contributed by atoms with Crippen molar-refractivity contribution in [3.63, 3.8) is 0 Å². The number of hydrogen-bond donors (Lipinski definition) is 1. The molecule has 1 rings (SSSR count). The van der Waals surface area contributed by atoms with Gasteiger partial charge in [-0.15, -0.1) is 0 Å². The fraction of sp³-hybridized carbons (Fsp3) is 0.222. The van der Waals surface area contributed by atoms with Crippen molar-refractivity contribution in [1.82, 2.24) is 0 Å². The van der Waals surface area contributed by atoms with Gasteiger partial charge in [-0.1, -0.05) is 0 Å². The summed E-state index contributed by atoms with van der Waals surface area (Å²) in [6.45, 7) is 2.14. The van der Waals surface area contributed by atoms with Gasteiger partial charge in [0.2, 0.25) is 0 Å². The summed E-state index contributed by atoms with van der Waals surface area (Å²) in [5, 5.41) is 1.16. The first kappa shape index (κ1) is 9.34. The van der Waals surface area contributed by atoms with Gasteiger partial charge in [-0.2, -0.15) is 0 Å². The third kappa shape index (κ3) is 2.12. The second-order valence-corrected chi connectivity index (χ2v) is 5.80. The van der Waals surface area contributed by atoms with Crippen molar-refractivity contribution in [2.24, 2.45) is 5.73 Å². The molecule has 1 aromatic carbocycles. The van der Waals surface area contributed by atoms with E-state index in [1.54, 1.807) is 6.07 Å². The fourth-order valence-electron chi connectivity index (χ4n) is 1.04. The van der Waals surface area contributed by atoms with E-state index in [9.17, 15) is 4.79 Å². The molecule has 0 aliphatic heterocycles. The van der Waals surface area contributed by atoms with E-state index in [-0.39, 0.29) is 21.7 Å². The van der Waals surface area contributed by atoms with Crippen molar-refractivity contribution in [1.29, 1.82) is 0 Å². The summed E-state index contributed by atoms with van der Waals surface area (Å²) in [4.78, 5) is 10.9. The van der Waals surface area contributed by atoms with Crippen LogP contribution in [0.5, 0.6) is 0 Å². The van der Waals surface area contributed by atoms with Crippen molar-refractivity contribution in [2.45, 2.75) is 12.1 Å². The monoisotopic (exact) mass is 225 g/mol. The van der Waals surface area contributed by atoms with E-state index < -0.39 is 0 Å². The third-order valence-corrected chi connectivity index (χ3v) is 4.02. The molecule has 1 amide bonds. The summed E-state index contributed by atoms with van der Waals surface area (Å²) in [6.07, 6.45) is 0. The molecule has 0 bridgehead atoms. The number of rotatable bonds is 3. The van der Waals surface area contributed by atoms with Gasteiger partial charge in [0, 0.05) is 0 Å². The Kier molecular flexibility index (Phi) is 3.36. The Hall–Kier alpha value is -0.752. The first-order valence-corrected chi connectivity index (χ1v) is 6.41. The van der Waals surface area contributed by atoms with Crippen LogP contribution in [0.15, 0.2) is 24.3 Å². The quantitative estimate of drug-likeness (QED) is 0.738. The second-order valence-electron chi connectivity index (χ2n) is 2.44. The van der Waals surface area contributed by atoms with Crippen molar-refractivity contribution in [3.05, 3.63) is 29.8 Å². The number of carbonyl (C=O) groups excluding carboxylic acids is 1. The summed E-state index contributed by atoms with van der Waals surface area (Å²) in [5.41, 5.74) is 5.93. The maximum absolute atomic E-state index is 10.9. The Morgan fingerprint density at radius 1 is 1.50 bits per heavy atom. The molecule has 0 saturated heterocycles. The van der Waals surface area contributed by atoms with E-state index in [0.29, 0.717) is 5.56 Å². The summed E-state index contributed by atoms with van der Waals surface area (Å²) < 4.78 is 1.17. The SMILES string of the molecule is CC[AsH]c1ccccc1C(N)=O. The Morgan fingerprint density at radius 3 is 2.75 bits per heavy atom. The topological polar surface area (TPSA) is 43.1 Å². The molecule has 0 aromatic heterocycles. The third-order valence-electron chi connectivity index (χ3n) is 1.56. The van der Waals surface area contributed by atoms with Gasteiger partial charge in [0.15, 0.2) is 0 Å². The molecule has 0 aliphatic carbocycles. The molecule has 2 nitrogen and oxygen atoms in total. The Labute approximate surface area is 78.8 Å². The van der Waals surface area contributed by atoms with Crippen molar-refractivity contribution >= 4 is 26.0 Å². The zero-order valence-electron chi connectivity index (χ0n) is 7.00. The fourth-order valence-corrected chi connectivity index (χ4v) is 3.12. The first-order chi connectivity index (χ1) is 5.75. The Balaban J connectivity index is 3.00. The van der Waals surface area contributed by atoms with Crippen LogP contribution in [-0.2, 0) is 0 Å². The second kappa shape index (κ2) is 4.32. The Morgan fingerprint density at radius 2 is 2.17 bits per heavy atom. The molecule has 1 unspecified atom stereocenters. The van der Waals surface area contributed by atoms with E-state index in [1.807, 2.05) is 18.2 Å². The van der Waals surface area contributed by atoms with Crippen LogP contribution in [0.4, 0.5) is 0 Å². The molecule has 1 atom stereocenters. The molecule has 64 valence electrons. The molecule has 12 heavy (non-hydrogen) atoms. The van der Waals surface area contributed by atoms with E-state index >= 15 is 0 Å². The van der Waals surface area contributed by atoms with Gasteiger partial charge in [0.1, 0.15) is 0 Å². The number of benzene rings is 1. The van der Waals surface area contributed by atoms with Gasteiger partial charge < -0.3 is 0 Å². The predicted octanol–water partition coefficient (Wildman–Crippen LogP) is 0.285. The van der Waals surface area contributed by atoms with Crippen LogP contribution in [0.2, 0.25) is 5.21 Å². The van der Waals surface area contributed by atoms with E-state index in [4.69, 9.17) is 5.73 Å². The summed E-state index contributed by atoms with van der Waals surface area (Å²) in [6, 6.07) is 7.62. The number of primary amides is 1. The van der Waals surface area contributed by atoms with Crippen LogP contribution < -0.4 is 10.1 Å². The molecule has 1 aromatic rings. The van der Waals surface area contributed by atoms with E-state index in [0.717, 1.165) is 5.21 Å². The minimum absolute atomic E-state index is 0.155. The van der Waals surface area contributed by atoms with E-state index in [1.165, 1.54) is 4.35 Å². The van der Waals surface area contributed by atoms with Crippen LogP contribution >= 0.6 is 0 Å². The predicted molar refractivity (Wildman–Crippen MR) is 52.2 cm³/mol. The summed E-state index contributed by atoms with van der Waals surface area (Å²) in [7, 11) is 0. The van der Waals surface area contributed by atoms with E-state index in [2.05, 4.69) is 6.92 Å². The van der Waals surface area contributed by atoms with Gasteiger partial charge in [0.25, 0.3) is 0 Å². The number of amides is 1. The number of hydrogen-bond acceptors (Lipinski definition) is 1. The number of carbonyl (C=O) groups is 1. The molecule has 3 heteroatoms. The van der Waals surface area contributed by atoms with Crippen LogP contribution in [0.3, 0.4) is 0 Å². The molecule has 0 fully saturated rings.